The minimum absolute atomic E-state index is 0.0525. The molecule has 1 aliphatic carbocycles. The second-order valence-corrected chi connectivity index (χ2v) is 7.09. The minimum atomic E-state index is -0.0525. The number of carbonyl (C=O) groups is 1. The van der Waals surface area contributed by atoms with Crippen molar-refractivity contribution in [1.82, 2.24) is 24.9 Å². The molecule has 134 valence electrons. The zero-order chi connectivity index (χ0) is 17.4. The molecule has 0 aromatic carbocycles. The van der Waals surface area contributed by atoms with Gasteiger partial charge in [-0.3, -0.25) is 9.69 Å². The summed E-state index contributed by atoms with van der Waals surface area (Å²) in [5.41, 5.74) is 1.86. The summed E-state index contributed by atoms with van der Waals surface area (Å²) < 4.78 is 7.41. The van der Waals surface area contributed by atoms with Crippen LogP contribution in [-0.4, -0.2) is 39.1 Å². The molecule has 4 rings (SSSR count). The van der Waals surface area contributed by atoms with Gasteiger partial charge in [0.25, 0.3) is 5.91 Å². The lowest BCUT2D eigenvalue weighted by molar-refractivity contribution is 0.0952. The van der Waals surface area contributed by atoms with Crippen molar-refractivity contribution in [2.75, 3.05) is 13.6 Å². The Morgan fingerprint density at radius 3 is 2.92 bits per heavy atom. The van der Waals surface area contributed by atoms with E-state index in [9.17, 15) is 4.79 Å². The number of piperidine rings is 1. The molecule has 7 nitrogen and oxygen atoms in total. The number of amides is 1. The number of hydrogen-bond acceptors (Lipinski definition) is 5. The monoisotopic (exact) mass is 343 g/mol. The van der Waals surface area contributed by atoms with E-state index in [1.807, 2.05) is 17.7 Å². The largest absolute Gasteiger partial charge is 0.354 e. The van der Waals surface area contributed by atoms with Gasteiger partial charge in [-0.25, -0.2) is 0 Å². The number of aromatic nitrogens is 3. The first kappa shape index (κ1) is 16.3. The molecule has 25 heavy (non-hydrogen) atoms. The second-order valence-electron chi connectivity index (χ2n) is 7.09. The summed E-state index contributed by atoms with van der Waals surface area (Å²) in [6, 6.07) is 4.25. The normalized spacial score (nSPS) is 21.4. The number of hydrogen-bond donors (Lipinski definition) is 1. The molecular formula is C18H25N5O2. The molecule has 1 aliphatic heterocycles. The average Bonchev–Trinajstić information content (AvgIpc) is 3.26. The molecule has 0 bridgehead atoms. The second kappa shape index (κ2) is 6.63. The summed E-state index contributed by atoms with van der Waals surface area (Å²) in [5, 5.41) is 6.87. The molecule has 0 spiro atoms. The Balaban J connectivity index is 1.54. The van der Waals surface area contributed by atoms with Crippen LogP contribution in [0.2, 0.25) is 0 Å². The van der Waals surface area contributed by atoms with E-state index in [1.54, 1.807) is 7.05 Å². The van der Waals surface area contributed by atoms with Gasteiger partial charge in [-0.15, -0.1) is 0 Å². The summed E-state index contributed by atoms with van der Waals surface area (Å²) in [7, 11) is 3.63. The first-order valence-electron chi connectivity index (χ1n) is 9.11. The molecule has 2 aromatic rings. The predicted molar refractivity (Wildman–Crippen MR) is 92.1 cm³/mol. The third kappa shape index (κ3) is 3.20. The Morgan fingerprint density at radius 2 is 2.16 bits per heavy atom. The van der Waals surface area contributed by atoms with Gasteiger partial charge in [-0.2, -0.15) is 4.98 Å². The number of rotatable bonds is 5. The van der Waals surface area contributed by atoms with Crippen molar-refractivity contribution in [3.8, 4) is 0 Å². The lowest BCUT2D eigenvalue weighted by Crippen LogP contribution is -2.34. The van der Waals surface area contributed by atoms with E-state index in [0.29, 0.717) is 18.2 Å². The topological polar surface area (TPSA) is 76.2 Å². The number of carbonyl (C=O) groups excluding carboxylic acids is 1. The van der Waals surface area contributed by atoms with Gasteiger partial charge in [0.15, 0.2) is 5.82 Å². The van der Waals surface area contributed by atoms with E-state index >= 15 is 0 Å². The fourth-order valence-corrected chi connectivity index (χ4v) is 3.74. The van der Waals surface area contributed by atoms with Gasteiger partial charge >= 0.3 is 0 Å². The Bertz CT molecular complexity index is 761. The van der Waals surface area contributed by atoms with E-state index in [0.717, 1.165) is 24.7 Å². The fourth-order valence-electron chi connectivity index (χ4n) is 3.74. The molecular weight excluding hydrogens is 318 g/mol. The molecule has 0 radical (unpaired) electrons. The Hall–Kier alpha value is -2.15. The van der Waals surface area contributed by atoms with E-state index in [-0.39, 0.29) is 11.9 Å². The molecule has 1 saturated carbocycles. The maximum absolute atomic E-state index is 12.0. The van der Waals surface area contributed by atoms with Crippen LogP contribution >= 0.6 is 0 Å². The summed E-state index contributed by atoms with van der Waals surface area (Å²) in [6.45, 7) is 1.71. The highest BCUT2D eigenvalue weighted by atomic mass is 16.5. The standard InChI is InChI=1S/C18H25N5O2/c1-19-17(24)15-9-8-13(22(15)2)14-5-3-4-10-23(14)11-16-20-18(25-21-16)12-6-7-12/h8-9,12,14H,3-7,10-11H2,1-2H3,(H,19,24). The molecule has 2 fully saturated rings. The predicted octanol–water partition coefficient (Wildman–Crippen LogP) is 2.37. The minimum Gasteiger partial charge on any atom is -0.354 e. The molecule has 1 N–H and O–H groups in total. The number of nitrogens with one attached hydrogen (secondary N) is 1. The van der Waals surface area contributed by atoms with Crippen LogP contribution in [0.25, 0.3) is 0 Å². The first-order valence-corrected chi connectivity index (χ1v) is 9.11. The van der Waals surface area contributed by atoms with E-state index in [4.69, 9.17) is 4.52 Å². The van der Waals surface area contributed by atoms with Crippen molar-refractivity contribution in [2.45, 2.75) is 50.6 Å². The van der Waals surface area contributed by atoms with Crippen LogP contribution in [-0.2, 0) is 13.6 Å². The van der Waals surface area contributed by atoms with Crippen molar-refractivity contribution < 1.29 is 9.32 Å². The fraction of sp³-hybridized carbons (Fsp3) is 0.611. The molecule has 2 aliphatic rings. The third-order valence-electron chi connectivity index (χ3n) is 5.33. The third-order valence-corrected chi connectivity index (χ3v) is 5.33. The van der Waals surface area contributed by atoms with Crippen LogP contribution in [0.5, 0.6) is 0 Å². The lowest BCUT2D eigenvalue weighted by atomic mass is 9.99. The number of likely N-dealkylation sites (tertiary alicyclic amines) is 1. The molecule has 2 aromatic heterocycles. The zero-order valence-electron chi connectivity index (χ0n) is 14.9. The number of nitrogens with zero attached hydrogens (tertiary/aromatic N) is 4. The molecule has 1 unspecified atom stereocenters. The Labute approximate surface area is 147 Å². The van der Waals surface area contributed by atoms with Crippen molar-refractivity contribution in [2.24, 2.45) is 7.05 Å². The summed E-state index contributed by atoms with van der Waals surface area (Å²) in [4.78, 5) is 19.0. The van der Waals surface area contributed by atoms with Crippen molar-refractivity contribution >= 4 is 5.91 Å². The van der Waals surface area contributed by atoms with Gasteiger partial charge in [-0.05, 0) is 44.4 Å². The molecule has 1 atom stereocenters. The van der Waals surface area contributed by atoms with Gasteiger partial charge in [0.1, 0.15) is 5.69 Å². The van der Waals surface area contributed by atoms with Gasteiger partial charge in [0, 0.05) is 25.7 Å². The summed E-state index contributed by atoms with van der Waals surface area (Å²) in [5.74, 6) is 2.00. The summed E-state index contributed by atoms with van der Waals surface area (Å²) >= 11 is 0. The highest BCUT2D eigenvalue weighted by Gasteiger charge is 2.31. The van der Waals surface area contributed by atoms with Crippen LogP contribution in [0.1, 0.15) is 72.0 Å². The van der Waals surface area contributed by atoms with E-state index < -0.39 is 0 Å². The average molecular weight is 343 g/mol. The van der Waals surface area contributed by atoms with Gasteiger partial charge in [-0.1, -0.05) is 11.6 Å². The van der Waals surface area contributed by atoms with Crippen LogP contribution in [0, 0.1) is 0 Å². The molecule has 1 amide bonds. The summed E-state index contributed by atoms with van der Waals surface area (Å²) in [6.07, 6.45) is 5.79. The highest BCUT2D eigenvalue weighted by Crippen LogP contribution is 2.39. The SMILES string of the molecule is CNC(=O)c1ccc(C2CCCCN2Cc2noc(C3CC3)n2)n1C. The van der Waals surface area contributed by atoms with Crippen molar-refractivity contribution in [1.29, 1.82) is 0 Å². The van der Waals surface area contributed by atoms with Gasteiger partial charge in [0.05, 0.1) is 12.6 Å². The van der Waals surface area contributed by atoms with E-state index in [2.05, 4.69) is 26.4 Å². The maximum Gasteiger partial charge on any atom is 0.267 e. The first-order chi connectivity index (χ1) is 12.2. The quantitative estimate of drug-likeness (QED) is 0.902. The van der Waals surface area contributed by atoms with Gasteiger partial charge in [0.2, 0.25) is 5.89 Å². The van der Waals surface area contributed by atoms with Crippen molar-refractivity contribution in [3.63, 3.8) is 0 Å². The Kier molecular flexibility index (Phi) is 4.33. The van der Waals surface area contributed by atoms with Crippen LogP contribution in [0.15, 0.2) is 16.7 Å². The smallest absolute Gasteiger partial charge is 0.267 e. The van der Waals surface area contributed by atoms with Crippen LogP contribution < -0.4 is 5.32 Å². The molecule has 3 heterocycles. The van der Waals surface area contributed by atoms with Crippen LogP contribution in [0.3, 0.4) is 0 Å². The zero-order valence-corrected chi connectivity index (χ0v) is 14.9. The lowest BCUT2D eigenvalue weighted by Gasteiger charge is -2.35. The van der Waals surface area contributed by atoms with Crippen LogP contribution in [0.4, 0.5) is 0 Å². The highest BCUT2D eigenvalue weighted by molar-refractivity contribution is 5.92. The van der Waals surface area contributed by atoms with Crippen molar-refractivity contribution in [3.05, 3.63) is 35.2 Å². The maximum atomic E-state index is 12.0. The molecule has 7 heteroatoms. The Morgan fingerprint density at radius 1 is 1.32 bits per heavy atom. The van der Waals surface area contributed by atoms with Gasteiger partial charge < -0.3 is 14.4 Å². The van der Waals surface area contributed by atoms with E-state index in [1.165, 1.54) is 31.4 Å². The molecule has 1 saturated heterocycles.